The lowest BCUT2D eigenvalue weighted by atomic mass is 10.2. The molecule has 0 aliphatic rings. The Morgan fingerprint density at radius 2 is 1.17 bits per heavy atom. The van der Waals surface area contributed by atoms with Crippen LogP contribution in [0.15, 0.2) is 0 Å². The number of aliphatic hydroxyl groups is 4. The van der Waals surface area contributed by atoms with E-state index in [9.17, 15) is 0 Å². The highest BCUT2D eigenvalue weighted by molar-refractivity contribution is 5.15. The zero-order valence-corrected chi connectivity index (χ0v) is 6.36. The van der Waals surface area contributed by atoms with Gasteiger partial charge in [-0.1, -0.05) is 23.7 Å². The van der Waals surface area contributed by atoms with E-state index < -0.39 is 12.2 Å². The predicted molar refractivity (Wildman–Crippen MR) is 41.7 cm³/mol. The van der Waals surface area contributed by atoms with Gasteiger partial charge in [-0.05, 0) is 0 Å². The molecule has 0 fully saturated rings. The molecule has 4 N–H and O–H groups in total. The van der Waals surface area contributed by atoms with E-state index in [0.717, 1.165) is 0 Å². The van der Waals surface area contributed by atoms with Crippen molar-refractivity contribution in [1.82, 2.24) is 0 Å². The zero-order chi connectivity index (χ0) is 9.40. The first-order valence-electron chi connectivity index (χ1n) is 3.27. The second-order valence-corrected chi connectivity index (χ2v) is 1.85. The smallest absolute Gasteiger partial charge is 0.151 e. The Bertz CT molecular complexity index is 201. The largest absolute Gasteiger partial charge is 0.384 e. The molecule has 0 radical (unpaired) electrons. The third-order valence-corrected chi connectivity index (χ3v) is 0.957. The molecule has 0 bridgehead atoms. The maximum atomic E-state index is 8.96. The Labute approximate surface area is 70.5 Å². The van der Waals surface area contributed by atoms with E-state index in [1.165, 1.54) is 0 Å². The number of aliphatic hydroxyl groups excluding tert-OH is 4. The fourth-order valence-electron chi connectivity index (χ4n) is 0.458. The van der Waals surface area contributed by atoms with E-state index >= 15 is 0 Å². The van der Waals surface area contributed by atoms with E-state index in [0.29, 0.717) is 0 Å². The Balaban J connectivity index is 4.00. The van der Waals surface area contributed by atoms with Crippen LogP contribution in [0.4, 0.5) is 0 Å². The monoisotopic (exact) mass is 170 g/mol. The van der Waals surface area contributed by atoms with Crippen molar-refractivity contribution in [2.45, 2.75) is 12.2 Å². The normalized spacial score (nSPS) is 13.3. The van der Waals surface area contributed by atoms with Crippen molar-refractivity contribution >= 4 is 0 Å². The van der Waals surface area contributed by atoms with Crippen molar-refractivity contribution in [3.63, 3.8) is 0 Å². The van der Waals surface area contributed by atoms with Crippen molar-refractivity contribution in [2.75, 3.05) is 13.2 Å². The average molecular weight is 170 g/mol. The molecule has 0 saturated carbocycles. The molecule has 12 heavy (non-hydrogen) atoms. The molecule has 0 aliphatic carbocycles. The van der Waals surface area contributed by atoms with Crippen LogP contribution in [0.2, 0.25) is 0 Å². The minimum Gasteiger partial charge on any atom is -0.384 e. The van der Waals surface area contributed by atoms with Gasteiger partial charge >= 0.3 is 0 Å². The van der Waals surface area contributed by atoms with Crippen molar-refractivity contribution in [1.29, 1.82) is 0 Å². The summed E-state index contributed by atoms with van der Waals surface area (Å²) in [5.74, 6) is 8.67. The second-order valence-electron chi connectivity index (χ2n) is 1.85. The molecule has 0 aliphatic heterocycles. The topological polar surface area (TPSA) is 80.9 Å². The third kappa shape index (κ3) is 4.73. The maximum absolute atomic E-state index is 8.96. The number of rotatable bonds is 1. The molecule has 0 spiro atoms. The molecular weight excluding hydrogens is 160 g/mol. The molecular formula is C8H10O4. The fourth-order valence-corrected chi connectivity index (χ4v) is 0.458. The Morgan fingerprint density at radius 1 is 0.833 bits per heavy atom. The maximum Gasteiger partial charge on any atom is 0.151 e. The predicted octanol–water partition coefficient (Wildman–Crippen LogP) is -2.30. The van der Waals surface area contributed by atoms with E-state index in [2.05, 4.69) is 23.7 Å². The van der Waals surface area contributed by atoms with Crippen molar-refractivity contribution in [3.05, 3.63) is 0 Å². The van der Waals surface area contributed by atoms with Crippen LogP contribution in [0.1, 0.15) is 0 Å². The Hall–Kier alpha value is -1.04. The summed E-state index contributed by atoms with van der Waals surface area (Å²) >= 11 is 0. The van der Waals surface area contributed by atoms with E-state index in [-0.39, 0.29) is 13.2 Å². The van der Waals surface area contributed by atoms with Gasteiger partial charge in [0.05, 0.1) is 0 Å². The van der Waals surface area contributed by atoms with Crippen LogP contribution >= 0.6 is 0 Å². The molecule has 0 aromatic heterocycles. The molecule has 66 valence electrons. The van der Waals surface area contributed by atoms with Gasteiger partial charge in [-0.25, -0.2) is 0 Å². The summed E-state index contributed by atoms with van der Waals surface area (Å²) in [6.45, 7) is -0.756. The summed E-state index contributed by atoms with van der Waals surface area (Å²) in [4.78, 5) is 0. The van der Waals surface area contributed by atoms with Gasteiger partial charge in [0.15, 0.2) is 12.2 Å². The van der Waals surface area contributed by atoms with Gasteiger partial charge in [-0.2, -0.15) is 0 Å². The first-order valence-corrected chi connectivity index (χ1v) is 3.27. The summed E-state index contributed by atoms with van der Waals surface area (Å²) in [5, 5.41) is 34.4. The fraction of sp³-hybridized carbons (Fsp3) is 0.500. The van der Waals surface area contributed by atoms with Crippen LogP contribution in [0.3, 0.4) is 0 Å². The molecule has 0 aromatic rings. The van der Waals surface area contributed by atoms with Gasteiger partial charge in [0.25, 0.3) is 0 Å². The van der Waals surface area contributed by atoms with Gasteiger partial charge in [-0.15, -0.1) is 0 Å². The van der Waals surface area contributed by atoms with E-state index in [4.69, 9.17) is 20.4 Å². The molecule has 0 aromatic carbocycles. The highest BCUT2D eigenvalue weighted by Gasteiger charge is 2.08. The molecule has 2 unspecified atom stereocenters. The third-order valence-electron chi connectivity index (χ3n) is 0.957. The number of hydrogen-bond donors (Lipinski definition) is 4. The number of hydrogen-bond acceptors (Lipinski definition) is 4. The standard InChI is InChI=1S/C8H10O4/c9-5-1-3-7(11)8(12)4-2-6-10/h7-12H,5-6H2. The van der Waals surface area contributed by atoms with Gasteiger partial charge in [0, 0.05) is 0 Å². The second kappa shape index (κ2) is 6.66. The summed E-state index contributed by atoms with van der Waals surface area (Å²) in [5.41, 5.74) is 0. The van der Waals surface area contributed by atoms with Crippen LogP contribution in [-0.4, -0.2) is 45.8 Å². The SMILES string of the molecule is OCC#CC(O)C(O)C#CCO. The lowest BCUT2D eigenvalue weighted by Crippen LogP contribution is -2.22. The molecule has 4 nitrogen and oxygen atoms in total. The van der Waals surface area contributed by atoms with Crippen molar-refractivity contribution < 1.29 is 20.4 Å². The van der Waals surface area contributed by atoms with E-state index in [1.54, 1.807) is 0 Å². The van der Waals surface area contributed by atoms with Crippen LogP contribution in [0.5, 0.6) is 0 Å². The minimum absolute atomic E-state index is 0.378. The first-order chi connectivity index (χ1) is 5.72. The summed E-state index contributed by atoms with van der Waals surface area (Å²) in [7, 11) is 0. The summed E-state index contributed by atoms with van der Waals surface area (Å²) in [6.07, 6.45) is -2.62. The van der Waals surface area contributed by atoms with Crippen LogP contribution in [0, 0.1) is 23.7 Å². The Morgan fingerprint density at radius 3 is 1.42 bits per heavy atom. The molecule has 0 heterocycles. The molecule has 4 heteroatoms. The highest BCUT2D eigenvalue weighted by Crippen LogP contribution is 1.88. The molecule has 0 amide bonds. The molecule has 0 rings (SSSR count). The minimum atomic E-state index is -1.31. The van der Waals surface area contributed by atoms with Gasteiger partial charge in [0.2, 0.25) is 0 Å². The first kappa shape index (κ1) is 11.0. The van der Waals surface area contributed by atoms with Crippen molar-refractivity contribution in [3.8, 4) is 23.7 Å². The van der Waals surface area contributed by atoms with Gasteiger partial charge < -0.3 is 20.4 Å². The quantitative estimate of drug-likeness (QED) is 0.334. The van der Waals surface area contributed by atoms with Crippen LogP contribution in [0.25, 0.3) is 0 Å². The zero-order valence-electron chi connectivity index (χ0n) is 6.36. The van der Waals surface area contributed by atoms with Gasteiger partial charge in [-0.3, -0.25) is 0 Å². The van der Waals surface area contributed by atoms with Crippen LogP contribution < -0.4 is 0 Å². The lowest BCUT2D eigenvalue weighted by Gasteiger charge is -2.03. The average Bonchev–Trinajstić information content (AvgIpc) is 2.10. The van der Waals surface area contributed by atoms with Gasteiger partial charge in [0.1, 0.15) is 13.2 Å². The van der Waals surface area contributed by atoms with Crippen molar-refractivity contribution in [2.24, 2.45) is 0 Å². The summed E-state index contributed by atoms with van der Waals surface area (Å²) in [6, 6.07) is 0. The van der Waals surface area contributed by atoms with Crippen LogP contribution in [-0.2, 0) is 0 Å². The lowest BCUT2D eigenvalue weighted by molar-refractivity contribution is 0.0929. The van der Waals surface area contributed by atoms with E-state index in [1.807, 2.05) is 0 Å². The molecule has 2 atom stereocenters. The highest BCUT2D eigenvalue weighted by atomic mass is 16.3. The molecule has 0 saturated heterocycles. The summed E-state index contributed by atoms with van der Waals surface area (Å²) < 4.78 is 0. The Kier molecular flexibility index (Phi) is 6.08.